The van der Waals surface area contributed by atoms with E-state index in [1.807, 2.05) is 36.4 Å². The summed E-state index contributed by atoms with van der Waals surface area (Å²) in [4.78, 5) is 11.2. The molecule has 2 unspecified atom stereocenters. The molecule has 0 saturated carbocycles. The van der Waals surface area contributed by atoms with Gasteiger partial charge in [-0.25, -0.2) is 4.57 Å². The van der Waals surface area contributed by atoms with Crippen molar-refractivity contribution in [3.05, 3.63) is 71.8 Å². The highest BCUT2D eigenvalue weighted by Crippen LogP contribution is 2.51. The summed E-state index contributed by atoms with van der Waals surface area (Å²) in [5.74, 6) is -0.637. The third-order valence-electron chi connectivity index (χ3n) is 4.79. The number of ether oxygens (including phenoxy) is 2. The van der Waals surface area contributed by atoms with Gasteiger partial charge in [-0.1, -0.05) is 76.6 Å². The van der Waals surface area contributed by atoms with Crippen molar-refractivity contribution in [1.82, 2.24) is 0 Å². The van der Waals surface area contributed by atoms with Crippen molar-refractivity contribution in [2.24, 2.45) is 0 Å². The Morgan fingerprint density at radius 1 is 0.939 bits per heavy atom. The van der Waals surface area contributed by atoms with Gasteiger partial charge in [-0.2, -0.15) is 0 Å². The van der Waals surface area contributed by atoms with E-state index in [9.17, 15) is 19.6 Å². The number of aliphatic hydroxyl groups excluding tert-OH is 2. The smallest absolute Gasteiger partial charge is 0.456 e. The van der Waals surface area contributed by atoms with E-state index in [0.29, 0.717) is 0 Å². The fourth-order valence-corrected chi connectivity index (χ4v) is 4.94. The number of carbonyl (C=O) groups excluding carboxylic acids is 1. The molecule has 2 aromatic rings. The summed E-state index contributed by atoms with van der Waals surface area (Å²) in [6, 6.07) is 18.2. The monoisotopic (exact) mass is 544 g/mol. The second-order valence-electron chi connectivity index (χ2n) is 7.34. The number of phosphoric ester groups is 1. The molecule has 0 bridgehead atoms. The Morgan fingerprint density at radius 3 is 1.94 bits per heavy atom. The molecule has 0 spiro atoms. The number of alkyl halides is 1. The van der Waals surface area contributed by atoms with Gasteiger partial charge >= 0.3 is 13.8 Å². The summed E-state index contributed by atoms with van der Waals surface area (Å²) < 4.78 is 40.4. The van der Waals surface area contributed by atoms with Crippen LogP contribution in [0.1, 0.15) is 18.1 Å². The lowest BCUT2D eigenvalue weighted by molar-refractivity contribution is -0.216. The molecule has 1 aliphatic rings. The molecule has 1 heterocycles. The van der Waals surface area contributed by atoms with E-state index in [4.69, 9.17) is 23.0 Å². The van der Waals surface area contributed by atoms with E-state index < -0.39 is 49.8 Å². The van der Waals surface area contributed by atoms with E-state index in [0.717, 1.165) is 11.1 Å². The third-order valence-corrected chi connectivity index (χ3v) is 6.89. The summed E-state index contributed by atoms with van der Waals surface area (Å²) in [6.45, 7) is 0.713. The molecule has 3 rings (SSSR count). The lowest BCUT2D eigenvalue weighted by Gasteiger charge is -2.40. The largest absolute Gasteiger partial charge is 0.475 e. The van der Waals surface area contributed by atoms with Crippen LogP contribution in [-0.2, 0) is 45.6 Å². The minimum absolute atomic E-state index is 0.0286. The first kappa shape index (κ1) is 26.0. The Kier molecular flexibility index (Phi) is 9.60. The Bertz CT molecular complexity index is 882. The summed E-state index contributed by atoms with van der Waals surface area (Å²) in [5.41, 5.74) is 1.53. The molecule has 0 aliphatic carbocycles. The van der Waals surface area contributed by atoms with Crippen molar-refractivity contribution in [3.8, 4) is 0 Å². The molecule has 1 saturated heterocycles. The van der Waals surface area contributed by atoms with Crippen molar-refractivity contribution in [3.63, 3.8) is 0 Å². The number of hydrogen-bond acceptors (Lipinski definition) is 9. The highest BCUT2D eigenvalue weighted by molar-refractivity contribution is 9.09. The summed E-state index contributed by atoms with van der Waals surface area (Å²) >= 11 is 3.18. The second-order valence-corrected chi connectivity index (χ2v) is 9.91. The number of hydrogen-bond donors (Lipinski definition) is 2. The van der Waals surface area contributed by atoms with Gasteiger partial charge in [0.15, 0.2) is 11.1 Å². The highest BCUT2D eigenvalue weighted by Gasteiger charge is 2.46. The van der Waals surface area contributed by atoms with Crippen molar-refractivity contribution >= 4 is 29.7 Å². The predicted molar refractivity (Wildman–Crippen MR) is 121 cm³/mol. The topological polar surface area (TPSA) is 121 Å². The molecule has 2 N–H and O–H groups in total. The van der Waals surface area contributed by atoms with Crippen LogP contribution in [0.2, 0.25) is 0 Å². The molecule has 180 valence electrons. The number of aliphatic hydroxyl groups is 2. The Morgan fingerprint density at radius 2 is 1.45 bits per heavy atom. The van der Waals surface area contributed by atoms with Crippen LogP contribution in [0, 0.1) is 0 Å². The molecule has 1 aliphatic heterocycles. The van der Waals surface area contributed by atoms with Crippen LogP contribution in [0.15, 0.2) is 60.7 Å². The molecule has 0 aromatic heterocycles. The average molecular weight is 545 g/mol. The maximum atomic E-state index is 13.3. The lowest BCUT2D eigenvalue weighted by Crippen LogP contribution is -2.58. The minimum Gasteiger partial charge on any atom is -0.456 e. The molecular weight excluding hydrogens is 519 g/mol. The van der Waals surface area contributed by atoms with Crippen LogP contribution in [0.3, 0.4) is 0 Å². The molecule has 0 radical (unpaired) electrons. The first-order valence-corrected chi connectivity index (χ1v) is 12.6. The van der Waals surface area contributed by atoms with Crippen molar-refractivity contribution < 1.29 is 42.6 Å². The van der Waals surface area contributed by atoms with Crippen LogP contribution in [0.4, 0.5) is 0 Å². The quantitative estimate of drug-likeness (QED) is 0.263. The van der Waals surface area contributed by atoms with E-state index in [-0.39, 0.29) is 13.2 Å². The zero-order chi connectivity index (χ0) is 23.8. The minimum atomic E-state index is -4.09. The SMILES string of the molecule is CC(=O)OC1[C@H](Br)OC(COP(=O)(OCc2ccccc2)OCc2ccccc2)[C@H](O)[C@@H]1O. The zero-order valence-electron chi connectivity index (χ0n) is 17.9. The fraction of sp³-hybridized carbons (Fsp3) is 0.409. The van der Waals surface area contributed by atoms with Crippen LogP contribution in [0.25, 0.3) is 0 Å². The van der Waals surface area contributed by atoms with Gasteiger partial charge in [0.1, 0.15) is 18.3 Å². The van der Waals surface area contributed by atoms with E-state index in [2.05, 4.69) is 15.9 Å². The molecule has 1 fully saturated rings. The van der Waals surface area contributed by atoms with Gasteiger partial charge in [-0.15, -0.1) is 0 Å². The van der Waals surface area contributed by atoms with Crippen LogP contribution >= 0.6 is 23.8 Å². The molecule has 11 heteroatoms. The van der Waals surface area contributed by atoms with Gasteiger partial charge in [-0.05, 0) is 11.1 Å². The molecule has 9 nitrogen and oxygen atoms in total. The van der Waals surface area contributed by atoms with Crippen LogP contribution in [0.5, 0.6) is 0 Å². The van der Waals surface area contributed by atoms with Crippen molar-refractivity contribution in [2.45, 2.75) is 49.6 Å². The Balaban J connectivity index is 1.65. The molecular formula is C22H26BrO9P. The first-order chi connectivity index (χ1) is 15.8. The lowest BCUT2D eigenvalue weighted by atomic mass is 10.0. The second kappa shape index (κ2) is 12.2. The maximum Gasteiger partial charge on any atom is 0.475 e. The van der Waals surface area contributed by atoms with Crippen LogP contribution < -0.4 is 0 Å². The Hall–Kier alpha value is -1.62. The average Bonchev–Trinajstić information content (AvgIpc) is 2.82. The summed E-state index contributed by atoms with van der Waals surface area (Å²) in [7, 11) is -4.09. The van der Waals surface area contributed by atoms with Crippen molar-refractivity contribution in [2.75, 3.05) is 6.61 Å². The third kappa shape index (κ3) is 7.70. The summed E-state index contributed by atoms with van der Waals surface area (Å²) in [6.07, 6.45) is -5.13. The molecule has 5 atom stereocenters. The molecule has 0 amide bonds. The summed E-state index contributed by atoms with van der Waals surface area (Å²) in [5, 5.41) is 19.8. The van der Waals surface area contributed by atoms with E-state index >= 15 is 0 Å². The number of esters is 1. The normalized spacial score (nSPS) is 25.5. The number of rotatable bonds is 10. The molecule has 33 heavy (non-hydrogen) atoms. The van der Waals surface area contributed by atoms with Gasteiger partial charge in [0.2, 0.25) is 0 Å². The standard InChI is InChI=1S/C22H26BrO9P/c1-15(24)31-21-20(26)19(25)18(32-22(21)23)14-30-33(27,28-12-16-8-4-2-5-9-16)29-13-17-10-6-3-7-11-17/h2-11,18-22,25-26H,12-14H2,1H3/t18?,19-,20-,21?,22+/m0/s1. The van der Waals surface area contributed by atoms with Gasteiger partial charge in [0.25, 0.3) is 0 Å². The number of carbonyl (C=O) groups is 1. The first-order valence-electron chi connectivity index (χ1n) is 10.2. The zero-order valence-corrected chi connectivity index (χ0v) is 20.3. The van der Waals surface area contributed by atoms with Gasteiger partial charge < -0.3 is 19.7 Å². The van der Waals surface area contributed by atoms with E-state index in [1.54, 1.807) is 24.3 Å². The van der Waals surface area contributed by atoms with Crippen molar-refractivity contribution in [1.29, 1.82) is 0 Å². The number of benzene rings is 2. The number of phosphoric acid groups is 1. The number of halogens is 1. The van der Waals surface area contributed by atoms with Crippen LogP contribution in [-0.4, -0.2) is 52.2 Å². The van der Waals surface area contributed by atoms with Gasteiger partial charge in [0.05, 0.1) is 19.8 Å². The van der Waals surface area contributed by atoms with Gasteiger partial charge in [-0.3, -0.25) is 18.4 Å². The fourth-order valence-electron chi connectivity index (χ4n) is 3.08. The molecule has 2 aromatic carbocycles. The van der Waals surface area contributed by atoms with Gasteiger partial charge in [0, 0.05) is 6.92 Å². The Labute approximate surface area is 200 Å². The van der Waals surface area contributed by atoms with E-state index in [1.165, 1.54) is 6.92 Å². The predicted octanol–water partition coefficient (Wildman–Crippen LogP) is 3.32. The highest BCUT2D eigenvalue weighted by atomic mass is 79.9. The maximum absolute atomic E-state index is 13.3.